The van der Waals surface area contributed by atoms with Crippen LogP contribution in [0.5, 0.6) is 0 Å². The summed E-state index contributed by atoms with van der Waals surface area (Å²) >= 11 is 1.23. The lowest BCUT2D eigenvalue weighted by Gasteiger charge is -2.24. The zero-order valence-electron chi connectivity index (χ0n) is 10.9. The van der Waals surface area contributed by atoms with Gasteiger partial charge >= 0.3 is 0 Å². The highest BCUT2D eigenvalue weighted by Gasteiger charge is 2.23. The molecule has 1 heterocycles. The summed E-state index contributed by atoms with van der Waals surface area (Å²) in [5, 5.41) is 9.69. The summed E-state index contributed by atoms with van der Waals surface area (Å²) < 4.78 is 0. The van der Waals surface area contributed by atoms with Gasteiger partial charge in [-0.25, -0.2) is 0 Å². The summed E-state index contributed by atoms with van der Waals surface area (Å²) in [6, 6.07) is 2.00. The van der Waals surface area contributed by atoms with E-state index in [2.05, 4.69) is 13.8 Å². The topological polar surface area (TPSA) is 96.1 Å². The van der Waals surface area contributed by atoms with Crippen molar-refractivity contribution >= 4 is 27.9 Å². The van der Waals surface area contributed by atoms with E-state index in [1.54, 1.807) is 0 Å². The number of nitriles is 1. The first-order valence-corrected chi connectivity index (χ1v) is 6.61. The van der Waals surface area contributed by atoms with Crippen LogP contribution in [0.15, 0.2) is 0 Å². The van der Waals surface area contributed by atoms with Crippen molar-refractivity contribution in [2.75, 3.05) is 23.7 Å². The third-order valence-corrected chi connectivity index (χ3v) is 3.70. The third-order valence-electron chi connectivity index (χ3n) is 2.53. The molecule has 5 nitrogen and oxygen atoms in total. The Labute approximate surface area is 111 Å². The zero-order valence-corrected chi connectivity index (χ0v) is 11.7. The van der Waals surface area contributed by atoms with Crippen LogP contribution in [0, 0.1) is 17.2 Å². The molecule has 1 rings (SSSR count). The molecule has 0 saturated heterocycles. The van der Waals surface area contributed by atoms with Gasteiger partial charge in [-0.15, -0.1) is 11.3 Å². The molecule has 0 fully saturated rings. The number of nitrogen functional groups attached to an aromatic ring is 1. The normalized spacial score (nSPS) is 10.4. The van der Waals surface area contributed by atoms with Crippen LogP contribution in [0.2, 0.25) is 0 Å². The molecular formula is C12H18N4OS. The Bertz CT molecular complexity index is 487. The number of primary amides is 1. The molecule has 0 saturated carbocycles. The van der Waals surface area contributed by atoms with Crippen molar-refractivity contribution < 1.29 is 4.79 Å². The lowest BCUT2D eigenvalue weighted by atomic mass is 10.2. The maximum atomic E-state index is 11.5. The van der Waals surface area contributed by atoms with E-state index >= 15 is 0 Å². The maximum absolute atomic E-state index is 11.5. The summed E-state index contributed by atoms with van der Waals surface area (Å²) in [6.45, 7) is 7.71. The van der Waals surface area contributed by atoms with Crippen molar-refractivity contribution in [3.05, 3.63) is 10.4 Å². The number of carbonyl (C=O) groups is 1. The van der Waals surface area contributed by atoms with Gasteiger partial charge in [0.15, 0.2) is 0 Å². The SMILES string of the molecule is CCN(CC(C)C)c1sc(C#N)c(N)c1C(N)=O. The Balaban J connectivity index is 3.30. The summed E-state index contributed by atoms with van der Waals surface area (Å²) in [6.07, 6.45) is 0. The van der Waals surface area contributed by atoms with Gasteiger partial charge in [0, 0.05) is 13.1 Å². The number of anilines is 2. The molecule has 0 unspecified atom stereocenters. The molecule has 6 heteroatoms. The monoisotopic (exact) mass is 266 g/mol. The summed E-state index contributed by atoms with van der Waals surface area (Å²) in [7, 11) is 0. The van der Waals surface area contributed by atoms with Crippen molar-refractivity contribution in [2.24, 2.45) is 11.7 Å². The number of thiophene rings is 1. The lowest BCUT2D eigenvalue weighted by molar-refractivity contribution is 0.100. The second-order valence-corrected chi connectivity index (χ2v) is 5.43. The van der Waals surface area contributed by atoms with Crippen LogP contribution in [-0.4, -0.2) is 19.0 Å². The minimum atomic E-state index is -0.581. The van der Waals surface area contributed by atoms with Gasteiger partial charge < -0.3 is 16.4 Å². The van der Waals surface area contributed by atoms with E-state index in [1.807, 2.05) is 17.9 Å². The Morgan fingerprint density at radius 3 is 2.56 bits per heavy atom. The van der Waals surface area contributed by atoms with E-state index in [0.717, 1.165) is 13.1 Å². The Morgan fingerprint density at radius 2 is 2.17 bits per heavy atom. The molecular weight excluding hydrogens is 248 g/mol. The van der Waals surface area contributed by atoms with Gasteiger partial charge in [0.05, 0.1) is 11.3 Å². The van der Waals surface area contributed by atoms with Crippen molar-refractivity contribution in [1.82, 2.24) is 0 Å². The first-order chi connectivity index (χ1) is 8.42. The molecule has 18 heavy (non-hydrogen) atoms. The number of carbonyl (C=O) groups excluding carboxylic acids is 1. The number of nitrogens with zero attached hydrogens (tertiary/aromatic N) is 2. The highest BCUT2D eigenvalue weighted by molar-refractivity contribution is 7.17. The van der Waals surface area contributed by atoms with Gasteiger partial charge in [-0.3, -0.25) is 4.79 Å². The van der Waals surface area contributed by atoms with Gasteiger partial charge in [0.25, 0.3) is 5.91 Å². The number of hydrogen-bond acceptors (Lipinski definition) is 5. The minimum absolute atomic E-state index is 0.201. The molecule has 0 bridgehead atoms. The van der Waals surface area contributed by atoms with E-state index in [4.69, 9.17) is 16.7 Å². The predicted molar refractivity (Wildman–Crippen MR) is 74.7 cm³/mol. The standard InChI is InChI=1S/C12H18N4OS/c1-4-16(6-7(2)3)12-9(11(15)17)10(14)8(5-13)18-12/h7H,4,6,14H2,1-3H3,(H2,15,17). The molecule has 1 amide bonds. The Hall–Kier alpha value is -1.74. The highest BCUT2D eigenvalue weighted by atomic mass is 32.1. The molecule has 1 aromatic rings. The van der Waals surface area contributed by atoms with E-state index in [0.29, 0.717) is 15.8 Å². The van der Waals surface area contributed by atoms with Gasteiger partial charge in [-0.05, 0) is 12.8 Å². The first kappa shape index (κ1) is 14.3. The number of nitrogens with two attached hydrogens (primary N) is 2. The number of amides is 1. The van der Waals surface area contributed by atoms with Gasteiger partial charge in [-0.2, -0.15) is 5.26 Å². The molecule has 0 radical (unpaired) electrons. The van der Waals surface area contributed by atoms with Crippen LogP contribution in [0.4, 0.5) is 10.7 Å². The molecule has 0 aliphatic carbocycles. The molecule has 4 N–H and O–H groups in total. The first-order valence-electron chi connectivity index (χ1n) is 5.79. The van der Waals surface area contributed by atoms with Crippen LogP contribution in [-0.2, 0) is 0 Å². The van der Waals surface area contributed by atoms with Gasteiger partial charge in [-0.1, -0.05) is 13.8 Å². The van der Waals surface area contributed by atoms with Crippen LogP contribution in [0.3, 0.4) is 0 Å². The number of rotatable bonds is 5. The van der Waals surface area contributed by atoms with E-state index in [9.17, 15) is 4.79 Å². The minimum Gasteiger partial charge on any atom is -0.396 e. The Morgan fingerprint density at radius 1 is 1.56 bits per heavy atom. The summed E-state index contributed by atoms with van der Waals surface area (Å²) in [5.41, 5.74) is 11.6. The summed E-state index contributed by atoms with van der Waals surface area (Å²) in [5.74, 6) is -0.137. The van der Waals surface area contributed by atoms with E-state index in [1.165, 1.54) is 11.3 Å². The molecule has 1 aromatic heterocycles. The number of hydrogen-bond donors (Lipinski definition) is 2. The summed E-state index contributed by atoms with van der Waals surface area (Å²) in [4.78, 5) is 13.9. The average Bonchev–Trinajstić information content (AvgIpc) is 2.62. The van der Waals surface area contributed by atoms with Crippen LogP contribution in [0.1, 0.15) is 36.0 Å². The fourth-order valence-electron chi connectivity index (χ4n) is 1.77. The van der Waals surface area contributed by atoms with Crippen LogP contribution >= 0.6 is 11.3 Å². The highest BCUT2D eigenvalue weighted by Crippen LogP contribution is 2.37. The molecule has 0 atom stereocenters. The molecule has 0 aliphatic heterocycles. The second kappa shape index (κ2) is 5.74. The van der Waals surface area contributed by atoms with Crippen LogP contribution in [0.25, 0.3) is 0 Å². The van der Waals surface area contributed by atoms with Crippen molar-refractivity contribution in [1.29, 1.82) is 5.26 Å². The van der Waals surface area contributed by atoms with E-state index < -0.39 is 5.91 Å². The van der Waals surface area contributed by atoms with E-state index in [-0.39, 0.29) is 11.3 Å². The quantitative estimate of drug-likeness (QED) is 0.849. The Kier molecular flexibility index (Phi) is 4.56. The van der Waals surface area contributed by atoms with Gasteiger partial charge in [0.2, 0.25) is 0 Å². The largest absolute Gasteiger partial charge is 0.396 e. The maximum Gasteiger partial charge on any atom is 0.253 e. The van der Waals surface area contributed by atoms with Gasteiger partial charge in [0.1, 0.15) is 15.9 Å². The predicted octanol–water partition coefficient (Wildman–Crippen LogP) is 1.78. The fourth-order valence-corrected chi connectivity index (χ4v) is 2.87. The smallest absolute Gasteiger partial charge is 0.253 e. The van der Waals surface area contributed by atoms with Crippen molar-refractivity contribution in [3.63, 3.8) is 0 Å². The van der Waals surface area contributed by atoms with Crippen molar-refractivity contribution in [2.45, 2.75) is 20.8 Å². The molecule has 0 spiro atoms. The second-order valence-electron chi connectivity index (χ2n) is 4.43. The average molecular weight is 266 g/mol. The van der Waals surface area contributed by atoms with Crippen LogP contribution < -0.4 is 16.4 Å². The molecule has 98 valence electrons. The molecule has 0 aliphatic rings. The molecule has 0 aromatic carbocycles. The zero-order chi connectivity index (χ0) is 13.9. The lowest BCUT2D eigenvalue weighted by Crippen LogP contribution is -2.28. The van der Waals surface area contributed by atoms with Crippen molar-refractivity contribution in [3.8, 4) is 6.07 Å². The third kappa shape index (κ3) is 2.74. The fraction of sp³-hybridized carbons (Fsp3) is 0.500.